The molecule has 8 heteroatoms. The van der Waals surface area contributed by atoms with Crippen LogP contribution in [0.3, 0.4) is 0 Å². The van der Waals surface area contributed by atoms with E-state index in [0.29, 0.717) is 30.8 Å². The smallest absolute Gasteiger partial charge is 0.271 e. The van der Waals surface area contributed by atoms with Crippen LogP contribution >= 0.6 is 22.7 Å². The number of amides is 2. The average molecular weight is 338 g/mol. The van der Waals surface area contributed by atoms with Crippen LogP contribution in [-0.4, -0.2) is 33.9 Å². The second kappa shape index (κ2) is 7.46. The SMILES string of the molecule is CCC(CC)(CNC(=O)c1cscn1)NC(=O)c1cscn1. The number of nitrogens with zero attached hydrogens (tertiary/aromatic N) is 2. The Bertz CT molecular complexity index is 607. The van der Waals surface area contributed by atoms with Gasteiger partial charge in [-0.25, -0.2) is 9.97 Å². The van der Waals surface area contributed by atoms with E-state index < -0.39 is 5.54 Å². The first-order chi connectivity index (χ1) is 10.6. The monoisotopic (exact) mass is 338 g/mol. The van der Waals surface area contributed by atoms with Gasteiger partial charge in [-0.1, -0.05) is 13.8 Å². The van der Waals surface area contributed by atoms with E-state index in [0.717, 1.165) is 0 Å². The van der Waals surface area contributed by atoms with E-state index in [9.17, 15) is 9.59 Å². The Labute approximate surface area is 137 Å². The number of carbonyl (C=O) groups excluding carboxylic acids is 2. The number of carbonyl (C=O) groups is 2. The number of thiazole rings is 2. The fourth-order valence-electron chi connectivity index (χ4n) is 2.02. The van der Waals surface area contributed by atoms with Crippen molar-refractivity contribution in [2.24, 2.45) is 0 Å². The Hall–Kier alpha value is -1.80. The highest BCUT2D eigenvalue weighted by molar-refractivity contribution is 7.08. The molecule has 2 aromatic heterocycles. The van der Waals surface area contributed by atoms with Crippen LogP contribution < -0.4 is 10.6 Å². The normalized spacial score (nSPS) is 11.2. The lowest BCUT2D eigenvalue weighted by molar-refractivity contribution is 0.0853. The summed E-state index contributed by atoms with van der Waals surface area (Å²) in [5.74, 6) is -0.441. The van der Waals surface area contributed by atoms with Crippen LogP contribution in [0.4, 0.5) is 0 Å². The molecule has 0 bridgehead atoms. The Morgan fingerprint density at radius 2 is 1.59 bits per heavy atom. The Morgan fingerprint density at radius 1 is 1.05 bits per heavy atom. The van der Waals surface area contributed by atoms with Gasteiger partial charge in [-0.15, -0.1) is 22.7 Å². The fraction of sp³-hybridized carbons (Fsp3) is 0.429. The number of nitrogens with one attached hydrogen (secondary N) is 2. The molecule has 0 saturated carbocycles. The summed E-state index contributed by atoms with van der Waals surface area (Å²) >= 11 is 2.75. The number of hydrogen-bond acceptors (Lipinski definition) is 6. The molecule has 2 aromatic rings. The van der Waals surface area contributed by atoms with Crippen LogP contribution in [0.5, 0.6) is 0 Å². The molecule has 2 amide bonds. The summed E-state index contributed by atoms with van der Waals surface area (Å²) in [5, 5.41) is 9.26. The van der Waals surface area contributed by atoms with Gasteiger partial charge in [0, 0.05) is 17.3 Å². The second-order valence-electron chi connectivity index (χ2n) is 4.87. The van der Waals surface area contributed by atoms with Crippen LogP contribution in [0, 0.1) is 0 Å². The zero-order valence-corrected chi connectivity index (χ0v) is 14.1. The van der Waals surface area contributed by atoms with Crippen molar-refractivity contribution in [1.82, 2.24) is 20.6 Å². The molecule has 0 radical (unpaired) electrons. The Kier molecular flexibility index (Phi) is 5.62. The van der Waals surface area contributed by atoms with Gasteiger partial charge in [0.1, 0.15) is 11.4 Å². The molecule has 0 saturated heterocycles. The Morgan fingerprint density at radius 3 is 2.05 bits per heavy atom. The van der Waals surface area contributed by atoms with E-state index in [-0.39, 0.29) is 11.8 Å². The van der Waals surface area contributed by atoms with E-state index in [1.165, 1.54) is 22.7 Å². The van der Waals surface area contributed by atoms with Gasteiger partial charge in [-0.05, 0) is 12.8 Å². The number of aromatic nitrogens is 2. The molecule has 0 aliphatic rings. The van der Waals surface area contributed by atoms with Crippen LogP contribution in [0.1, 0.15) is 47.7 Å². The number of rotatable bonds is 7. The zero-order valence-electron chi connectivity index (χ0n) is 12.5. The lowest BCUT2D eigenvalue weighted by atomic mass is 9.92. The summed E-state index contributed by atoms with van der Waals surface area (Å²) in [4.78, 5) is 32.2. The quantitative estimate of drug-likeness (QED) is 0.811. The fourth-order valence-corrected chi connectivity index (χ4v) is 3.08. The lowest BCUT2D eigenvalue weighted by Gasteiger charge is -2.32. The van der Waals surface area contributed by atoms with Crippen molar-refractivity contribution in [3.63, 3.8) is 0 Å². The first-order valence-electron chi connectivity index (χ1n) is 6.97. The molecule has 0 fully saturated rings. The topological polar surface area (TPSA) is 84.0 Å². The van der Waals surface area contributed by atoms with Crippen LogP contribution in [0.2, 0.25) is 0 Å². The van der Waals surface area contributed by atoms with E-state index in [1.54, 1.807) is 21.8 Å². The highest BCUT2D eigenvalue weighted by Crippen LogP contribution is 2.16. The van der Waals surface area contributed by atoms with Crippen molar-refractivity contribution in [3.8, 4) is 0 Å². The molecule has 0 atom stereocenters. The van der Waals surface area contributed by atoms with Gasteiger partial charge < -0.3 is 10.6 Å². The van der Waals surface area contributed by atoms with Gasteiger partial charge in [0.05, 0.1) is 16.6 Å². The molecule has 0 aliphatic heterocycles. The summed E-state index contributed by atoms with van der Waals surface area (Å²) in [5.41, 5.74) is 3.55. The van der Waals surface area contributed by atoms with Crippen LogP contribution in [0.25, 0.3) is 0 Å². The van der Waals surface area contributed by atoms with E-state index in [2.05, 4.69) is 20.6 Å². The molecule has 2 rings (SSSR count). The minimum absolute atomic E-state index is 0.215. The van der Waals surface area contributed by atoms with Gasteiger partial charge in [0.15, 0.2) is 0 Å². The molecular formula is C14H18N4O2S2. The molecule has 2 heterocycles. The third-order valence-corrected chi connectivity index (χ3v) is 4.82. The lowest BCUT2D eigenvalue weighted by Crippen LogP contribution is -2.55. The van der Waals surface area contributed by atoms with Gasteiger partial charge in [0.25, 0.3) is 11.8 Å². The van der Waals surface area contributed by atoms with Gasteiger partial charge in [-0.2, -0.15) is 0 Å². The highest BCUT2D eigenvalue weighted by Gasteiger charge is 2.30. The summed E-state index contributed by atoms with van der Waals surface area (Å²) in [6, 6.07) is 0. The predicted octanol–water partition coefficient (Wildman–Crippen LogP) is 2.32. The zero-order chi connectivity index (χ0) is 16.0. The molecule has 0 aromatic carbocycles. The van der Waals surface area contributed by atoms with E-state index in [4.69, 9.17) is 0 Å². The average Bonchev–Trinajstić information content (AvgIpc) is 3.24. The second-order valence-corrected chi connectivity index (χ2v) is 6.31. The molecule has 0 unspecified atom stereocenters. The van der Waals surface area contributed by atoms with Crippen molar-refractivity contribution >= 4 is 34.5 Å². The maximum Gasteiger partial charge on any atom is 0.271 e. The minimum atomic E-state index is -0.494. The van der Waals surface area contributed by atoms with Gasteiger partial charge in [0.2, 0.25) is 0 Å². The van der Waals surface area contributed by atoms with E-state index >= 15 is 0 Å². The first-order valence-corrected chi connectivity index (χ1v) is 8.86. The van der Waals surface area contributed by atoms with Crippen molar-refractivity contribution < 1.29 is 9.59 Å². The van der Waals surface area contributed by atoms with Gasteiger partial charge >= 0.3 is 0 Å². The van der Waals surface area contributed by atoms with Crippen molar-refractivity contribution in [2.45, 2.75) is 32.2 Å². The van der Waals surface area contributed by atoms with Crippen molar-refractivity contribution in [1.29, 1.82) is 0 Å². The highest BCUT2D eigenvalue weighted by atomic mass is 32.1. The number of hydrogen-bond donors (Lipinski definition) is 2. The third kappa shape index (κ3) is 3.89. The molecule has 0 spiro atoms. The van der Waals surface area contributed by atoms with Crippen molar-refractivity contribution in [3.05, 3.63) is 33.2 Å². The largest absolute Gasteiger partial charge is 0.348 e. The molecule has 2 N–H and O–H groups in total. The summed E-state index contributed by atoms with van der Waals surface area (Å²) < 4.78 is 0. The Balaban J connectivity index is 2.01. The summed E-state index contributed by atoms with van der Waals surface area (Å²) in [6.45, 7) is 4.33. The molecule has 118 valence electrons. The third-order valence-electron chi connectivity index (χ3n) is 3.65. The minimum Gasteiger partial charge on any atom is -0.348 e. The molecule has 0 aliphatic carbocycles. The van der Waals surface area contributed by atoms with Crippen LogP contribution in [0.15, 0.2) is 21.8 Å². The predicted molar refractivity (Wildman–Crippen MR) is 87.3 cm³/mol. The van der Waals surface area contributed by atoms with Gasteiger partial charge in [-0.3, -0.25) is 9.59 Å². The summed E-state index contributed by atoms with van der Waals surface area (Å²) in [6.07, 6.45) is 1.41. The molecule has 6 nitrogen and oxygen atoms in total. The first kappa shape index (κ1) is 16.6. The van der Waals surface area contributed by atoms with E-state index in [1.807, 2.05) is 13.8 Å². The maximum atomic E-state index is 12.2. The standard InChI is InChI=1S/C14H18N4O2S2/c1-3-14(4-2,18-13(20)11-6-22-9-17-11)7-15-12(19)10-5-21-8-16-10/h5-6,8-9H,3-4,7H2,1-2H3,(H,15,19)(H,18,20). The maximum absolute atomic E-state index is 12.2. The summed E-state index contributed by atoms with van der Waals surface area (Å²) in [7, 11) is 0. The van der Waals surface area contributed by atoms with Crippen LogP contribution in [-0.2, 0) is 0 Å². The van der Waals surface area contributed by atoms with Crippen molar-refractivity contribution in [2.75, 3.05) is 6.54 Å². The molecule has 22 heavy (non-hydrogen) atoms. The molecular weight excluding hydrogens is 320 g/mol.